The van der Waals surface area contributed by atoms with Crippen LogP contribution in [0.4, 0.5) is 0 Å². The molecule has 0 aliphatic rings. The van der Waals surface area contributed by atoms with Crippen molar-refractivity contribution in [1.29, 1.82) is 0 Å². The minimum atomic E-state index is -0.934. The Labute approximate surface area is 141 Å². The van der Waals surface area contributed by atoms with Gasteiger partial charge in [-0.15, -0.1) is 0 Å². The SMILES string of the molecule is Cc1cc(C(=O)NC(C)(CC(=O)O)C(C)C)ccc1-n1cccn1. The van der Waals surface area contributed by atoms with Crippen molar-refractivity contribution < 1.29 is 14.7 Å². The average Bonchev–Trinajstić information content (AvgIpc) is 2.99. The summed E-state index contributed by atoms with van der Waals surface area (Å²) in [5, 5.41) is 16.2. The fourth-order valence-electron chi connectivity index (χ4n) is 2.50. The van der Waals surface area contributed by atoms with Crippen molar-refractivity contribution in [3.8, 4) is 5.69 Å². The highest BCUT2D eigenvalue weighted by atomic mass is 16.4. The van der Waals surface area contributed by atoms with Gasteiger partial charge in [-0.2, -0.15) is 5.10 Å². The van der Waals surface area contributed by atoms with E-state index in [2.05, 4.69) is 10.4 Å². The summed E-state index contributed by atoms with van der Waals surface area (Å²) in [5.41, 5.74) is 1.50. The van der Waals surface area contributed by atoms with E-state index in [0.717, 1.165) is 11.3 Å². The molecule has 24 heavy (non-hydrogen) atoms. The fraction of sp³-hybridized carbons (Fsp3) is 0.389. The Morgan fingerprint density at radius 1 is 1.38 bits per heavy atom. The molecule has 2 aromatic rings. The summed E-state index contributed by atoms with van der Waals surface area (Å²) in [6.45, 7) is 7.46. The highest BCUT2D eigenvalue weighted by Gasteiger charge is 2.33. The zero-order valence-electron chi connectivity index (χ0n) is 14.4. The van der Waals surface area contributed by atoms with Gasteiger partial charge in [-0.3, -0.25) is 9.59 Å². The summed E-state index contributed by atoms with van der Waals surface area (Å²) in [5.74, 6) is -1.22. The third-order valence-electron chi connectivity index (χ3n) is 4.40. The zero-order valence-corrected chi connectivity index (χ0v) is 14.4. The molecular weight excluding hydrogens is 306 g/mol. The lowest BCUT2D eigenvalue weighted by Crippen LogP contribution is -2.51. The molecule has 1 aromatic heterocycles. The molecule has 0 saturated heterocycles. The number of rotatable bonds is 6. The Morgan fingerprint density at radius 2 is 2.08 bits per heavy atom. The Bertz CT molecular complexity index is 738. The molecular formula is C18H23N3O3. The molecule has 1 amide bonds. The van der Waals surface area contributed by atoms with Gasteiger partial charge in [0.2, 0.25) is 0 Å². The number of hydrogen-bond acceptors (Lipinski definition) is 3. The van der Waals surface area contributed by atoms with Crippen LogP contribution in [0.15, 0.2) is 36.7 Å². The molecule has 0 aliphatic heterocycles. The summed E-state index contributed by atoms with van der Waals surface area (Å²) in [7, 11) is 0. The van der Waals surface area contributed by atoms with Gasteiger partial charge in [-0.05, 0) is 49.6 Å². The van der Waals surface area contributed by atoms with Crippen LogP contribution in [0.5, 0.6) is 0 Å². The van der Waals surface area contributed by atoms with E-state index in [0.29, 0.717) is 5.56 Å². The predicted molar refractivity (Wildman–Crippen MR) is 91.3 cm³/mol. The van der Waals surface area contributed by atoms with Crippen LogP contribution in [-0.4, -0.2) is 32.3 Å². The van der Waals surface area contributed by atoms with Gasteiger partial charge in [0.1, 0.15) is 0 Å². The minimum absolute atomic E-state index is 0.0120. The lowest BCUT2D eigenvalue weighted by atomic mass is 9.85. The van der Waals surface area contributed by atoms with Gasteiger partial charge in [0.25, 0.3) is 5.91 Å². The Morgan fingerprint density at radius 3 is 2.58 bits per heavy atom. The number of aryl methyl sites for hydroxylation is 1. The molecule has 2 N–H and O–H groups in total. The Hall–Kier alpha value is -2.63. The van der Waals surface area contributed by atoms with Crippen LogP contribution >= 0.6 is 0 Å². The second-order valence-corrected chi connectivity index (χ2v) is 6.55. The average molecular weight is 329 g/mol. The van der Waals surface area contributed by atoms with Crippen LogP contribution in [0.25, 0.3) is 5.69 Å². The van der Waals surface area contributed by atoms with Gasteiger partial charge >= 0.3 is 5.97 Å². The second-order valence-electron chi connectivity index (χ2n) is 6.55. The molecule has 1 unspecified atom stereocenters. The van der Waals surface area contributed by atoms with Gasteiger partial charge in [-0.1, -0.05) is 13.8 Å². The second kappa shape index (κ2) is 6.86. The van der Waals surface area contributed by atoms with E-state index in [1.807, 2.05) is 39.1 Å². The Kier molecular flexibility index (Phi) is 5.07. The number of aromatic nitrogens is 2. The highest BCUT2D eigenvalue weighted by molar-refractivity contribution is 5.95. The molecule has 0 spiro atoms. The molecule has 0 bridgehead atoms. The van der Waals surface area contributed by atoms with E-state index in [1.54, 1.807) is 29.9 Å². The maximum Gasteiger partial charge on any atom is 0.305 e. The van der Waals surface area contributed by atoms with Crippen molar-refractivity contribution in [3.63, 3.8) is 0 Å². The molecule has 128 valence electrons. The van der Waals surface area contributed by atoms with Crippen LogP contribution in [0.3, 0.4) is 0 Å². The van der Waals surface area contributed by atoms with Crippen LogP contribution < -0.4 is 5.32 Å². The van der Waals surface area contributed by atoms with E-state index < -0.39 is 11.5 Å². The summed E-state index contributed by atoms with van der Waals surface area (Å²) < 4.78 is 1.74. The smallest absolute Gasteiger partial charge is 0.305 e. The number of aliphatic carboxylic acids is 1. The number of carboxylic acids is 1. The van der Waals surface area contributed by atoms with Crippen LogP contribution in [0, 0.1) is 12.8 Å². The van der Waals surface area contributed by atoms with Crippen molar-refractivity contribution in [1.82, 2.24) is 15.1 Å². The topological polar surface area (TPSA) is 84.2 Å². The molecule has 0 aliphatic carbocycles. The lowest BCUT2D eigenvalue weighted by Gasteiger charge is -2.33. The minimum Gasteiger partial charge on any atom is -0.481 e. The van der Waals surface area contributed by atoms with Crippen molar-refractivity contribution in [3.05, 3.63) is 47.8 Å². The molecule has 6 nitrogen and oxygen atoms in total. The molecule has 1 heterocycles. The van der Waals surface area contributed by atoms with E-state index >= 15 is 0 Å². The number of benzene rings is 1. The molecule has 0 fully saturated rings. The maximum atomic E-state index is 12.6. The number of hydrogen-bond donors (Lipinski definition) is 2. The van der Waals surface area contributed by atoms with Gasteiger partial charge in [0.15, 0.2) is 0 Å². The first-order valence-electron chi connectivity index (χ1n) is 7.88. The number of nitrogens with one attached hydrogen (secondary N) is 1. The normalized spacial score (nSPS) is 13.5. The molecule has 0 saturated carbocycles. The van der Waals surface area contributed by atoms with Gasteiger partial charge in [0, 0.05) is 18.0 Å². The standard InChI is InChI=1S/C18H23N3O3/c1-12(2)18(4,11-16(22)23)20-17(24)14-6-7-15(13(3)10-14)21-9-5-8-19-21/h5-10,12H,11H2,1-4H3,(H,20,24)(H,22,23). The zero-order chi connectivity index (χ0) is 17.9. The summed E-state index contributed by atoms with van der Waals surface area (Å²) >= 11 is 0. The number of carbonyl (C=O) groups excluding carboxylic acids is 1. The number of carbonyl (C=O) groups is 2. The van der Waals surface area contributed by atoms with Crippen molar-refractivity contribution in [2.75, 3.05) is 0 Å². The largest absolute Gasteiger partial charge is 0.481 e. The van der Waals surface area contributed by atoms with E-state index in [9.17, 15) is 9.59 Å². The lowest BCUT2D eigenvalue weighted by molar-refractivity contribution is -0.138. The first kappa shape index (κ1) is 17.7. The van der Waals surface area contributed by atoms with Crippen molar-refractivity contribution in [2.24, 2.45) is 5.92 Å². The molecule has 1 atom stereocenters. The third kappa shape index (κ3) is 3.82. The van der Waals surface area contributed by atoms with Crippen LogP contribution in [0.2, 0.25) is 0 Å². The third-order valence-corrected chi connectivity index (χ3v) is 4.40. The number of nitrogens with zero attached hydrogens (tertiary/aromatic N) is 2. The number of carboxylic acid groups (broad SMARTS) is 1. The van der Waals surface area contributed by atoms with E-state index in [4.69, 9.17) is 5.11 Å². The monoisotopic (exact) mass is 329 g/mol. The molecule has 0 radical (unpaired) electrons. The van der Waals surface area contributed by atoms with E-state index in [-0.39, 0.29) is 18.2 Å². The van der Waals surface area contributed by atoms with E-state index in [1.165, 1.54) is 0 Å². The quantitative estimate of drug-likeness (QED) is 0.853. The van der Waals surface area contributed by atoms with Gasteiger partial charge in [-0.25, -0.2) is 4.68 Å². The van der Waals surface area contributed by atoms with Crippen molar-refractivity contribution >= 4 is 11.9 Å². The summed E-state index contributed by atoms with van der Waals surface area (Å²) in [6.07, 6.45) is 3.41. The maximum absolute atomic E-state index is 12.6. The summed E-state index contributed by atoms with van der Waals surface area (Å²) in [6, 6.07) is 7.18. The molecule has 2 rings (SSSR count). The van der Waals surface area contributed by atoms with Gasteiger partial charge < -0.3 is 10.4 Å². The van der Waals surface area contributed by atoms with Gasteiger partial charge in [0.05, 0.1) is 17.6 Å². The molecule has 1 aromatic carbocycles. The Balaban J connectivity index is 2.23. The van der Waals surface area contributed by atoms with Crippen molar-refractivity contribution in [2.45, 2.75) is 39.7 Å². The first-order valence-corrected chi connectivity index (χ1v) is 7.88. The fourth-order valence-corrected chi connectivity index (χ4v) is 2.50. The predicted octanol–water partition coefficient (Wildman–Crippen LogP) is 2.80. The highest BCUT2D eigenvalue weighted by Crippen LogP contribution is 2.22. The first-order chi connectivity index (χ1) is 11.2. The van der Waals surface area contributed by atoms with Crippen LogP contribution in [0.1, 0.15) is 43.1 Å². The number of amides is 1. The molecule has 6 heteroatoms. The van der Waals surface area contributed by atoms with Crippen LogP contribution in [-0.2, 0) is 4.79 Å². The summed E-state index contributed by atoms with van der Waals surface area (Å²) in [4.78, 5) is 23.7.